The van der Waals surface area contributed by atoms with E-state index in [-0.39, 0.29) is 23.7 Å². The Labute approximate surface area is 109 Å². The van der Waals surface area contributed by atoms with Gasteiger partial charge in [0.2, 0.25) is 0 Å². The van der Waals surface area contributed by atoms with Crippen LogP contribution in [-0.2, 0) is 6.54 Å². The fraction of sp³-hybridized carbons (Fsp3) is 0.154. The SMILES string of the molecule is CNc1c(F)cccc1C(=O)NCc1ccncn1. The largest absolute Gasteiger partial charge is 0.385 e. The fourth-order valence-corrected chi connectivity index (χ4v) is 1.66. The molecule has 2 N–H and O–H groups in total. The third-order valence-electron chi connectivity index (χ3n) is 2.58. The Morgan fingerprint density at radius 3 is 2.89 bits per heavy atom. The van der Waals surface area contributed by atoms with Gasteiger partial charge in [-0.1, -0.05) is 6.07 Å². The maximum atomic E-state index is 13.5. The van der Waals surface area contributed by atoms with E-state index in [0.717, 1.165) is 0 Å². The topological polar surface area (TPSA) is 66.9 Å². The van der Waals surface area contributed by atoms with Gasteiger partial charge in [0.05, 0.1) is 23.5 Å². The minimum Gasteiger partial charge on any atom is -0.385 e. The van der Waals surface area contributed by atoms with Crippen LogP contribution < -0.4 is 10.6 Å². The molecular formula is C13H13FN4O. The molecule has 0 atom stereocenters. The fourth-order valence-electron chi connectivity index (χ4n) is 1.66. The van der Waals surface area contributed by atoms with Crippen molar-refractivity contribution in [1.82, 2.24) is 15.3 Å². The lowest BCUT2D eigenvalue weighted by atomic mass is 10.1. The lowest BCUT2D eigenvalue weighted by Crippen LogP contribution is -2.24. The highest BCUT2D eigenvalue weighted by Crippen LogP contribution is 2.18. The molecule has 0 bridgehead atoms. The van der Waals surface area contributed by atoms with Crippen LogP contribution in [0.25, 0.3) is 0 Å². The predicted octanol–water partition coefficient (Wildman–Crippen LogP) is 1.59. The van der Waals surface area contributed by atoms with Crippen LogP contribution in [0.4, 0.5) is 10.1 Å². The molecule has 1 amide bonds. The van der Waals surface area contributed by atoms with Gasteiger partial charge < -0.3 is 10.6 Å². The molecule has 0 radical (unpaired) electrons. The van der Waals surface area contributed by atoms with E-state index in [1.807, 2.05) is 0 Å². The molecule has 0 unspecified atom stereocenters. The number of carbonyl (C=O) groups excluding carboxylic acids is 1. The molecule has 1 aromatic carbocycles. The summed E-state index contributed by atoms with van der Waals surface area (Å²) in [4.78, 5) is 19.8. The number of rotatable bonds is 4. The minimum absolute atomic E-state index is 0.183. The van der Waals surface area contributed by atoms with Crippen molar-refractivity contribution in [2.24, 2.45) is 0 Å². The lowest BCUT2D eigenvalue weighted by molar-refractivity contribution is 0.0951. The molecule has 0 spiro atoms. The van der Waals surface area contributed by atoms with Crippen LogP contribution in [0, 0.1) is 5.82 Å². The van der Waals surface area contributed by atoms with Gasteiger partial charge in [-0.15, -0.1) is 0 Å². The summed E-state index contributed by atoms with van der Waals surface area (Å²) in [6.07, 6.45) is 3.00. The summed E-state index contributed by atoms with van der Waals surface area (Å²) >= 11 is 0. The van der Waals surface area contributed by atoms with Crippen molar-refractivity contribution in [2.75, 3.05) is 12.4 Å². The van der Waals surface area contributed by atoms with Gasteiger partial charge in [-0.05, 0) is 18.2 Å². The van der Waals surface area contributed by atoms with Crippen molar-refractivity contribution in [3.8, 4) is 0 Å². The average Bonchev–Trinajstić information content (AvgIpc) is 2.45. The second kappa shape index (κ2) is 5.90. The molecule has 0 aliphatic carbocycles. The smallest absolute Gasteiger partial charge is 0.253 e. The quantitative estimate of drug-likeness (QED) is 0.876. The van der Waals surface area contributed by atoms with E-state index in [4.69, 9.17) is 0 Å². The number of benzene rings is 1. The molecule has 0 saturated carbocycles. The van der Waals surface area contributed by atoms with Crippen molar-refractivity contribution in [3.63, 3.8) is 0 Å². The van der Waals surface area contributed by atoms with E-state index in [1.165, 1.54) is 18.5 Å². The zero-order valence-corrected chi connectivity index (χ0v) is 10.4. The summed E-state index contributed by atoms with van der Waals surface area (Å²) in [6, 6.07) is 6.05. The van der Waals surface area contributed by atoms with Crippen LogP contribution in [0.1, 0.15) is 16.1 Å². The van der Waals surface area contributed by atoms with Crippen molar-refractivity contribution in [2.45, 2.75) is 6.54 Å². The molecule has 0 saturated heterocycles. The van der Waals surface area contributed by atoms with Crippen LogP contribution in [0.15, 0.2) is 36.8 Å². The van der Waals surface area contributed by atoms with E-state index in [9.17, 15) is 9.18 Å². The molecule has 0 aliphatic heterocycles. The minimum atomic E-state index is -0.461. The van der Waals surface area contributed by atoms with Crippen molar-refractivity contribution in [3.05, 3.63) is 53.9 Å². The number of hydrogen-bond donors (Lipinski definition) is 2. The summed E-state index contributed by atoms with van der Waals surface area (Å²) < 4.78 is 13.5. The third kappa shape index (κ3) is 3.04. The second-order valence-corrected chi connectivity index (χ2v) is 3.80. The van der Waals surface area contributed by atoms with Gasteiger partial charge in [-0.2, -0.15) is 0 Å². The van der Waals surface area contributed by atoms with Crippen LogP contribution in [0.3, 0.4) is 0 Å². The highest BCUT2D eigenvalue weighted by Gasteiger charge is 2.13. The van der Waals surface area contributed by atoms with Gasteiger partial charge in [0, 0.05) is 13.2 Å². The van der Waals surface area contributed by atoms with E-state index in [0.29, 0.717) is 5.69 Å². The monoisotopic (exact) mass is 260 g/mol. The zero-order valence-electron chi connectivity index (χ0n) is 10.4. The standard InChI is InChI=1S/C13H13FN4O/c1-15-12-10(3-2-4-11(12)14)13(19)17-7-9-5-6-16-8-18-9/h2-6,8,15H,7H2,1H3,(H,17,19). The number of nitrogens with one attached hydrogen (secondary N) is 2. The molecule has 2 aromatic rings. The second-order valence-electron chi connectivity index (χ2n) is 3.80. The van der Waals surface area contributed by atoms with Crippen LogP contribution in [-0.4, -0.2) is 22.9 Å². The van der Waals surface area contributed by atoms with Gasteiger partial charge in [-0.3, -0.25) is 4.79 Å². The molecule has 2 rings (SSSR count). The molecule has 6 heteroatoms. The number of hydrogen-bond acceptors (Lipinski definition) is 4. The first kappa shape index (κ1) is 12.9. The molecular weight excluding hydrogens is 247 g/mol. The summed E-state index contributed by atoms with van der Waals surface area (Å²) in [7, 11) is 1.57. The van der Waals surface area contributed by atoms with Gasteiger partial charge in [0.15, 0.2) is 0 Å². The first-order valence-electron chi connectivity index (χ1n) is 5.71. The molecule has 1 heterocycles. The maximum absolute atomic E-state index is 13.5. The van der Waals surface area contributed by atoms with Crippen molar-refractivity contribution < 1.29 is 9.18 Å². The third-order valence-corrected chi connectivity index (χ3v) is 2.58. The normalized spacial score (nSPS) is 10.0. The highest BCUT2D eigenvalue weighted by molar-refractivity contribution is 5.99. The molecule has 5 nitrogen and oxygen atoms in total. The molecule has 1 aromatic heterocycles. The zero-order chi connectivity index (χ0) is 13.7. The van der Waals surface area contributed by atoms with E-state index in [2.05, 4.69) is 20.6 Å². The first-order valence-corrected chi connectivity index (χ1v) is 5.71. The Balaban J connectivity index is 2.10. The average molecular weight is 260 g/mol. The van der Waals surface area contributed by atoms with E-state index < -0.39 is 5.82 Å². The van der Waals surface area contributed by atoms with Crippen molar-refractivity contribution in [1.29, 1.82) is 0 Å². The van der Waals surface area contributed by atoms with Gasteiger partial charge >= 0.3 is 0 Å². The van der Waals surface area contributed by atoms with Gasteiger partial charge in [0.25, 0.3) is 5.91 Å². The van der Waals surface area contributed by atoms with Gasteiger partial charge in [0.1, 0.15) is 12.1 Å². The van der Waals surface area contributed by atoms with E-state index >= 15 is 0 Å². The van der Waals surface area contributed by atoms with Crippen LogP contribution in [0.5, 0.6) is 0 Å². The number of amides is 1. The molecule has 0 aliphatic rings. The number of carbonyl (C=O) groups is 1. The Morgan fingerprint density at radius 1 is 1.37 bits per heavy atom. The highest BCUT2D eigenvalue weighted by atomic mass is 19.1. The number of halogens is 1. The number of para-hydroxylation sites is 1. The number of anilines is 1. The van der Waals surface area contributed by atoms with Gasteiger partial charge in [-0.25, -0.2) is 14.4 Å². The van der Waals surface area contributed by atoms with E-state index in [1.54, 1.807) is 25.4 Å². The Bertz CT molecular complexity index is 574. The summed E-state index contributed by atoms with van der Waals surface area (Å²) in [5, 5.41) is 5.36. The summed E-state index contributed by atoms with van der Waals surface area (Å²) in [6.45, 7) is 0.265. The number of nitrogens with zero attached hydrogens (tertiary/aromatic N) is 2. The Morgan fingerprint density at radius 2 is 2.21 bits per heavy atom. The molecule has 0 fully saturated rings. The number of aromatic nitrogens is 2. The molecule has 98 valence electrons. The summed E-state index contributed by atoms with van der Waals surface area (Å²) in [5.74, 6) is -0.820. The van der Waals surface area contributed by atoms with Crippen LogP contribution in [0.2, 0.25) is 0 Å². The van der Waals surface area contributed by atoms with Crippen LogP contribution >= 0.6 is 0 Å². The Kier molecular flexibility index (Phi) is 4.02. The lowest BCUT2D eigenvalue weighted by Gasteiger charge is -2.10. The first-order chi connectivity index (χ1) is 9.22. The maximum Gasteiger partial charge on any atom is 0.253 e. The Hall–Kier alpha value is -2.50. The summed E-state index contributed by atoms with van der Waals surface area (Å²) in [5.41, 5.74) is 1.13. The predicted molar refractivity (Wildman–Crippen MR) is 69.1 cm³/mol. The van der Waals surface area contributed by atoms with Crippen molar-refractivity contribution >= 4 is 11.6 Å². The molecule has 19 heavy (non-hydrogen) atoms.